The first-order chi connectivity index (χ1) is 10.4. The zero-order valence-corrected chi connectivity index (χ0v) is 14.4. The molecule has 22 heavy (non-hydrogen) atoms. The molecule has 1 aliphatic rings. The highest BCUT2D eigenvalue weighted by Crippen LogP contribution is 2.37. The van der Waals surface area contributed by atoms with Gasteiger partial charge in [-0.25, -0.2) is 9.97 Å². The van der Waals surface area contributed by atoms with Crippen LogP contribution in [0.15, 0.2) is 0 Å². The average molecular weight is 322 g/mol. The molecule has 0 spiro atoms. The van der Waals surface area contributed by atoms with Gasteiger partial charge in [0.25, 0.3) is 0 Å². The van der Waals surface area contributed by atoms with Gasteiger partial charge in [-0.1, -0.05) is 20.8 Å². The predicted octanol–water partition coefficient (Wildman–Crippen LogP) is 2.23. The molecule has 1 fully saturated rings. The fourth-order valence-corrected chi connectivity index (χ4v) is 3.49. The molecule has 0 amide bonds. The van der Waals surface area contributed by atoms with Gasteiger partial charge in [0.2, 0.25) is 5.13 Å². The zero-order chi connectivity index (χ0) is 15.9. The molecular formula is C14H22N6OS. The van der Waals surface area contributed by atoms with Gasteiger partial charge < -0.3 is 9.64 Å². The Bertz CT molecular complexity index is 646. The largest absolute Gasteiger partial charge is 0.380 e. The van der Waals surface area contributed by atoms with Crippen LogP contribution in [0.5, 0.6) is 0 Å². The number of methoxy groups -OCH3 is 1. The van der Waals surface area contributed by atoms with E-state index in [4.69, 9.17) is 9.72 Å². The summed E-state index contributed by atoms with van der Waals surface area (Å²) in [5.41, 5.74) is -0.0498. The first-order valence-electron chi connectivity index (χ1n) is 7.41. The smallest absolute Gasteiger partial charge is 0.205 e. The molecule has 3 heterocycles. The van der Waals surface area contributed by atoms with E-state index in [0.717, 1.165) is 35.6 Å². The maximum absolute atomic E-state index is 5.54. The summed E-state index contributed by atoms with van der Waals surface area (Å²) in [6.07, 6.45) is 1.02. The topological polar surface area (TPSA) is 79.8 Å². The van der Waals surface area contributed by atoms with Gasteiger partial charge >= 0.3 is 0 Å². The maximum atomic E-state index is 5.54. The number of nitrogens with zero attached hydrogens (tertiary/aromatic N) is 5. The lowest BCUT2D eigenvalue weighted by atomic mass is 9.96. The quantitative estimate of drug-likeness (QED) is 0.933. The van der Waals surface area contributed by atoms with Crippen molar-refractivity contribution in [3.63, 3.8) is 0 Å². The van der Waals surface area contributed by atoms with Crippen molar-refractivity contribution in [1.29, 1.82) is 0 Å². The Balaban J connectivity index is 1.91. The van der Waals surface area contributed by atoms with Gasteiger partial charge in [0.05, 0.1) is 12.1 Å². The van der Waals surface area contributed by atoms with Gasteiger partial charge in [-0.05, 0) is 6.92 Å². The number of aromatic nitrogens is 5. The van der Waals surface area contributed by atoms with Gasteiger partial charge in [0.1, 0.15) is 11.6 Å². The van der Waals surface area contributed by atoms with E-state index in [2.05, 4.69) is 45.2 Å². The molecule has 0 aromatic carbocycles. The fraction of sp³-hybridized carbons (Fsp3) is 0.714. The second-order valence-corrected chi connectivity index (χ2v) is 7.42. The molecule has 0 unspecified atom stereocenters. The molecule has 7 nitrogen and oxygen atoms in total. The first kappa shape index (κ1) is 15.4. The van der Waals surface area contributed by atoms with Crippen LogP contribution in [0.3, 0.4) is 0 Å². The molecule has 0 radical (unpaired) electrons. The number of hydrogen-bond donors (Lipinski definition) is 1. The standard InChI is InChI=1S/C14H22N6OS/c1-8-15-11(18-17-8)10-6-9(21-5)7-20(10)13-16-12(19-22-13)14(2,3)4/h9-10H,6-7H2,1-5H3,(H,15,17,18)/t9-,10+/m1/s1. The van der Waals surface area contributed by atoms with Crippen LogP contribution in [0.25, 0.3) is 0 Å². The normalized spacial score (nSPS) is 22.5. The Morgan fingerprint density at radius 2 is 2.09 bits per heavy atom. The first-order valence-corrected chi connectivity index (χ1v) is 8.18. The lowest BCUT2D eigenvalue weighted by Crippen LogP contribution is -2.25. The highest BCUT2D eigenvalue weighted by molar-refractivity contribution is 7.09. The van der Waals surface area contributed by atoms with E-state index in [1.54, 1.807) is 7.11 Å². The number of aromatic amines is 1. The van der Waals surface area contributed by atoms with Gasteiger partial charge in [-0.2, -0.15) is 9.47 Å². The van der Waals surface area contributed by atoms with Crippen molar-refractivity contribution < 1.29 is 4.74 Å². The minimum absolute atomic E-state index is 0.0498. The molecule has 1 aliphatic heterocycles. The number of aryl methyl sites for hydroxylation is 1. The van der Waals surface area contributed by atoms with Crippen LogP contribution in [0, 0.1) is 6.92 Å². The maximum Gasteiger partial charge on any atom is 0.205 e. The number of nitrogens with one attached hydrogen (secondary N) is 1. The minimum Gasteiger partial charge on any atom is -0.380 e. The van der Waals surface area contributed by atoms with E-state index in [1.165, 1.54) is 11.5 Å². The fourth-order valence-electron chi connectivity index (χ4n) is 2.57. The van der Waals surface area contributed by atoms with Crippen molar-refractivity contribution in [3.8, 4) is 0 Å². The van der Waals surface area contributed by atoms with Gasteiger partial charge in [-0.3, -0.25) is 5.10 Å². The zero-order valence-electron chi connectivity index (χ0n) is 13.6. The Hall–Kier alpha value is -1.54. The van der Waals surface area contributed by atoms with E-state index in [-0.39, 0.29) is 17.6 Å². The summed E-state index contributed by atoms with van der Waals surface area (Å²) in [4.78, 5) is 11.4. The van der Waals surface area contributed by atoms with Crippen molar-refractivity contribution in [3.05, 3.63) is 17.5 Å². The summed E-state index contributed by atoms with van der Waals surface area (Å²) >= 11 is 1.43. The lowest BCUT2D eigenvalue weighted by molar-refractivity contribution is 0.118. The molecule has 2 atom stereocenters. The Morgan fingerprint density at radius 3 is 2.64 bits per heavy atom. The summed E-state index contributed by atoms with van der Waals surface area (Å²) in [5.74, 6) is 2.49. The monoisotopic (exact) mass is 322 g/mol. The average Bonchev–Trinajstić information content (AvgIpc) is 3.15. The Morgan fingerprint density at radius 1 is 1.32 bits per heavy atom. The third-order valence-corrected chi connectivity index (χ3v) is 4.59. The predicted molar refractivity (Wildman–Crippen MR) is 85.2 cm³/mol. The van der Waals surface area contributed by atoms with E-state index in [0.29, 0.717) is 0 Å². The number of ether oxygens (including phenoxy) is 1. The molecule has 0 aliphatic carbocycles. The highest BCUT2D eigenvalue weighted by Gasteiger charge is 2.38. The molecule has 1 N–H and O–H groups in total. The van der Waals surface area contributed by atoms with Crippen LogP contribution in [-0.2, 0) is 10.2 Å². The number of anilines is 1. The van der Waals surface area contributed by atoms with Crippen molar-refractivity contribution in [2.75, 3.05) is 18.6 Å². The van der Waals surface area contributed by atoms with Crippen LogP contribution < -0.4 is 4.90 Å². The van der Waals surface area contributed by atoms with Crippen LogP contribution in [0.1, 0.15) is 50.7 Å². The van der Waals surface area contributed by atoms with Crippen molar-refractivity contribution >= 4 is 16.7 Å². The van der Waals surface area contributed by atoms with Crippen molar-refractivity contribution in [2.24, 2.45) is 0 Å². The second kappa shape index (κ2) is 5.58. The van der Waals surface area contributed by atoms with E-state index in [1.807, 2.05) is 6.92 Å². The van der Waals surface area contributed by atoms with Crippen molar-refractivity contribution in [2.45, 2.75) is 51.7 Å². The van der Waals surface area contributed by atoms with Gasteiger partial charge in [0.15, 0.2) is 5.82 Å². The van der Waals surface area contributed by atoms with E-state index >= 15 is 0 Å². The number of rotatable bonds is 3. The molecule has 0 bridgehead atoms. The number of H-pyrrole nitrogens is 1. The van der Waals surface area contributed by atoms with Gasteiger partial charge in [0, 0.05) is 37.0 Å². The minimum atomic E-state index is -0.0498. The van der Waals surface area contributed by atoms with Crippen molar-refractivity contribution in [1.82, 2.24) is 24.5 Å². The van der Waals surface area contributed by atoms with Gasteiger partial charge in [-0.15, -0.1) is 0 Å². The summed E-state index contributed by atoms with van der Waals surface area (Å²) < 4.78 is 10.1. The van der Waals surface area contributed by atoms with Crippen LogP contribution in [0.4, 0.5) is 5.13 Å². The summed E-state index contributed by atoms with van der Waals surface area (Å²) in [6.45, 7) is 9.06. The molecular weight excluding hydrogens is 300 g/mol. The Kier molecular flexibility index (Phi) is 3.90. The summed E-state index contributed by atoms with van der Waals surface area (Å²) in [6, 6.07) is 0.0793. The molecule has 2 aromatic rings. The summed E-state index contributed by atoms with van der Waals surface area (Å²) in [5, 5.41) is 8.15. The number of hydrogen-bond acceptors (Lipinski definition) is 7. The highest BCUT2D eigenvalue weighted by atomic mass is 32.1. The SMILES string of the molecule is CO[C@@H]1C[C@@H](c2n[nH]c(C)n2)N(c2nc(C(C)(C)C)ns2)C1. The molecule has 3 rings (SSSR count). The molecule has 120 valence electrons. The summed E-state index contributed by atoms with van der Waals surface area (Å²) in [7, 11) is 1.75. The lowest BCUT2D eigenvalue weighted by Gasteiger charge is -2.21. The molecule has 8 heteroatoms. The van der Waals surface area contributed by atoms with Crippen LogP contribution >= 0.6 is 11.5 Å². The third kappa shape index (κ3) is 2.85. The molecule has 2 aromatic heterocycles. The molecule has 1 saturated heterocycles. The third-order valence-electron chi connectivity index (χ3n) is 3.84. The molecule has 0 saturated carbocycles. The van der Waals surface area contributed by atoms with E-state index in [9.17, 15) is 0 Å². The van der Waals surface area contributed by atoms with E-state index < -0.39 is 0 Å². The van der Waals surface area contributed by atoms with Crippen LogP contribution in [-0.4, -0.2) is 44.3 Å². The Labute approximate surface area is 134 Å². The second-order valence-electron chi connectivity index (χ2n) is 6.69. The van der Waals surface area contributed by atoms with Crippen LogP contribution in [0.2, 0.25) is 0 Å².